The minimum Gasteiger partial charge on any atom is -0.326 e. The highest BCUT2D eigenvalue weighted by Gasteiger charge is 2.22. The molecular formula is C18H28N2O. The predicted molar refractivity (Wildman–Crippen MR) is 88.4 cm³/mol. The zero-order chi connectivity index (χ0) is 15.6. The average molecular weight is 288 g/mol. The van der Waals surface area contributed by atoms with E-state index in [9.17, 15) is 4.79 Å². The van der Waals surface area contributed by atoms with E-state index < -0.39 is 0 Å². The van der Waals surface area contributed by atoms with Crippen LogP contribution < -0.4 is 10.6 Å². The lowest BCUT2D eigenvalue weighted by molar-refractivity contribution is -0.115. The maximum Gasteiger partial charge on any atom is 0.228 e. The molecule has 1 aliphatic rings. The fourth-order valence-corrected chi connectivity index (χ4v) is 3.42. The number of carbonyl (C=O) groups is 1. The lowest BCUT2D eigenvalue weighted by Crippen LogP contribution is -2.21. The summed E-state index contributed by atoms with van der Waals surface area (Å²) in [7, 11) is 2.02. The zero-order valence-corrected chi connectivity index (χ0v) is 13.9. The molecule has 3 heteroatoms. The first-order valence-electron chi connectivity index (χ1n) is 7.88. The summed E-state index contributed by atoms with van der Waals surface area (Å²) < 4.78 is 0. The van der Waals surface area contributed by atoms with Crippen LogP contribution in [0.15, 0.2) is 18.2 Å². The fourth-order valence-electron chi connectivity index (χ4n) is 3.42. The van der Waals surface area contributed by atoms with Crippen LogP contribution in [0.1, 0.15) is 57.7 Å². The van der Waals surface area contributed by atoms with E-state index in [-0.39, 0.29) is 5.91 Å². The second kappa shape index (κ2) is 6.18. The zero-order valence-electron chi connectivity index (χ0n) is 13.9. The average Bonchev–Trinajstić information content (AvgIpc) is 2.72. The van der Waals surface area contributed by atoms with Crippen molar-refractivity contribution < 1.29 is 4.79 Å². The number of amides is 1. The largest absolute Gasteiger partial charge is 0.326 e. The molecule has 3 nitrogen and oxygen atoms in total. The molecule has 0 aromatic heterocycles. The standard InChI is InChI=1S/C18H28N2O/c1-12(11-18(2,3)4)8-16(19-5)13-6-7-15-14(9-13)10-17(21)20-15/h6-7,9,12,16,19H,8,10-11H2,1-5H3,(H,20,21). The van der Waals surface area contributed by atoms with Crippen molar-refractivity contribution >= 4 is 11.6 Å². The van der Waals surface area contributed by atoms with E-state index >= 15 is 0 Å². The minimum absolute atomic E-state index is 0.101. The summed E-state index contributed by atoms with van der Waals surface area (Å²) in [5.41, 5.74) is 3.75. The number of carbonyl (C=O) groups excluding carboxylic acids is 1. The van der Waals surface area contributed by atoms with E-state index in [1.54, 1.807) is 0 Å². The van der Waals surface area contributed by atoms with Gasteiger partial charge in [0.05, 0.1) is 6.42 Å². The topological polar surface area (TPSA) is 41.1 Å². The number of hydrogen-bond acceptors (Lipinski definition) is 2. The monoisotopic (exact) mass is 288 g/mol. The van der Waals surface area contributed by atoms with Gasteiger partial charge in [-0.3, -0.25) is 4.79 Å². The molecule has 0 saturated carbocycles. The first-order chi connectivity index (χ1) is 9.78. The highest BCUT2D eigenvalue weighted by atomic mass is 16.1. The molecule has 0 radical (unpaired) electrons. The fraction of sp³-hybridized carbons (Fsp3) is 0.611. The van der Waals surface area contributed by atoms with Crippen LogP contribution in [0.5, 0.6) is 0 Å². The van der Waals surface area contributed by atoms with Crippen molar-refractivity contribution in [2.24, 2.45) is 11.3 Å². The predicted octanol–water partition coefficient (Wildman–Crippen LogP) is 3.90. The van der Waals surface area contributed by atoms with Crippen molar-refractivity contribution in [3.05, 3.63) is 29.3 Å². The van der Waals surface area contributed by atoms with Crippen LogP contribution in [-0.2, 0) is 11.2 Å². The Balaban J connectivity index is 2.08. The number of fused-ring (bicyclic) bond motifs is 1. The Morgan fingerprint density at radius 3 is 2.67 bits per heavy atom. The third-order valence-corrected chi connectivity index (χ3v) is 4.10. The van der Waals surface area contributed by atoms with Gasteiger partial charge in [-0.05, 0) is 48.4 Å². The summed E-state index contributed by atoms with van der Waals surface area (Å²) in [6.07, 6.45) is 2.85. The maximum absolute atomic E-state index is 11.5. The van der Waals surface area contributed by atoms with Gasteiger partial charge >= 0.3 is 0 Å². The number of rotatable bonds is 5. The van der Waals surface area contributed by atoms with Crippen LogP contribution in [0.25, 0.3) is 0 Å². The Labute approximate surface area is 128 Å². The van der Waals surface area contributed by atoms with Gasteiger partial charge in [0, 0.05) is 11.7 Å². The molecule has 2 atom stereocenters. The van der Waals surface area contributed by atoms with E-state index in [0.29, 0.717) is 23.8 Å². The lowest BCUT2D eigenvalue weighted by Gasteiger charge is -2.27. The van der Waals surface area contributed by atoms with Gasteiger partial charge < -0.3 is 10.6 Å². The van der Waals surface area contributed by atoms with Gasteiger partial charge in [0.2, 0.25) is 5.91 Å². The molecule has 1 aliphatic heterocycles. The van der Waals surface area contributed by atoms with Gasteiger partial charge in [0.25, 0.3) is 0 Å². The van der Waals surface area contributed by atoms with E-state index in [2.05, 4.69) is 50.5 Å². The van der Waals surface area contributed by atoms with Crippen LogP contribution in [0.3, 0.4) is 0 Å². The molecule has 1 aromatic carbocycles. The molecule has 0 spiro atoms. The molecule has 116 valence electrons. The van der Waals surface area contributed by atoms with Crippen molar-refractivity contribution in [2.75, 3.05) is 12.4 Å². The molecule has 2 rings (SSSR count). The molecule has 0 fully saturated rings. The Morgan fingerprint density at radius 1 is 1.33 bits per heavy atom. The molecule has 0 aliphatic carbocycles. The van der Waals surface area contributed by atoms with E-state index in [0.717, 1.165) is 17.7 Å². The van der Waals surface area contributed by atoms with Crippen LogP contribution in [-0.4, -0.2) is 13.0 Å². The summed E-state index contributed by atoms with van der Waals surface area (Å²) in [6, 6.07) is 6.70. The second-order valence-corrected chi connectivity index (χ2v) is 7.59. The van der Waals surface area contributed by atoms with Crippen molar-refractivity contribution in [2.45, 2.75) is 53.0 Å². The molecule has 1 aromatic rings. The van der Waals surface area contributed by atoms with Gasteiger partial charge in [-0.15, -0.1) is 0 Å². The minimum atomic E-state index is 0.101. The lowest BCUT2D eigenvalue weighted by atomic mass is 9.82. The Kier molecular flexibility index (Phi) is 4.72. The third-order valence-electron chi connectivity index (χ3n) is 4.10. The molecule has 0 bridgehead atoms. The number of benzene rings is 1. The quantitative estimate of drug-likeness (QED) is 0.862. The van der Waals surface area contributed by atoms with E-state index in [4.69, 9.17) is 0 Å². The van der Waals surface area contributed by atoms with Gasteiger partial charge in [-0.25, -0.2) is 0 Å². The first-order valence-corrected chi connectivity index (χ1v) is 7.88. The smallest absolute Gasteiger partial charge is 0.228 e. The molecule has 1 heterocycles. The molecular weight excluding hydrogens is 260 g/mol. The highest BCUT2D eigenvalue weighted by molar-refractivity contribution is 5.99. The van der Waals surface area contributed by atoms with Crippen LogP contribution in [0.4, 0.5) is 5.69 Å². The number of nitrogens with one attached hydrogen (secondary N) is 2. The van der Waals surface area contributed by atoms with Gasteiger partial charge in [-0.1, -0.05) is 39.8 Å². The molecule has 0 saturated heterocycles. The van der Waals surface area contributed by atoms with Crippen molar-refractivity contribution in [3.63, 3.8) is 0 Å². The van der Waals surface area contributed by atoms with E-state index in [1.807, 2.05) is 13.1 Å². The highest BCUT2D eigenvalue weighted by Crippen LogP contribution is 2.32. The Morgan fingerprint density at radius 2 is 2.05 bits per heavy atom. The van der Waals surface area contributed by atoms with Gasteiger partial charge in [0.1, 0.15) is 0 Å². The summed E-state index contributed by atoms with van der Waals surface area (Å²) in [6.45, 7) is 9.22. The summed E-state index contributed by atoms with van der Waals surface area (Å²) in [5.74, 6) is 0.764. The Bertz CT molecular complexity index is 516. The number of hydrogen-bond donors (Lipinski definition) is 2. The van der Waals surface area contributed by atoms with Crippen LogP contribution in [0, 0.1) is 11.3 Å². The van der Waals surface area contributed by atoms with Gasteiger partial charge in [-0.2, -0.15) is 0 Å². The summed E-state index contributed by atoms with van der Waals surface area (Å²) in [4.78, 5) is 11.5. The molecule has 21 heavy (non-hydrogen) atoms. The van der Waals surface area contributed by atoms with Crippen molar-refractivity contribution in [1.29, 1.82) is 0 Å². The second-order valence-electron chi connectivity index (χ2n) is 7.59. The molecule has 1 amide bonds. The number of anilines is 1. The van der Waals surface area contributed by atoms with Crippen molar-refractivity contribution in [1.82, 2.24) is 5.32 Å². The molecule has 2 unspecified atom stereocenters. The Hall–Kier alpha value is -1.35. The van der Waals surface area contributed by atoms with Crippen LogP contribution >= 0.6 is 0 Å². The maximum atomic E-state index is 11.5. The van der Waals surface area contributed by atoms with Crippen molar-refractivity contribution in [3.8, 4) is 0 Å². The summed E-state index contributed by atoms with van der Waals surface area (Å²) in [5, 5.41) is 6.33. The summed E-state index contributed by atoms with van der Waals surface area (Å²) >= 11 is 0. The van der Waals surface area contributed by atoms with Gasteiger partial charge in [0.15, 0.2) is 0 Å². The third kappa shape index (κ3) is 4.31. The first kappa shape index (κ1) is 16.0. The van der Waals surface area contributed by atoms with Crippen LogP contribution in [0.2, 0.25) is 0 Å². The normalized spacial score (nSPS) is 17.3. The van der Waals surface area contributed by atoms with E-state index in [1.165, 1.54) is 12.0 Å². The molecule has 2 N–H and O–H groups in total. The SMILES string of the molecule is CNC(CC(C)CC(C)(C)C)c1ccc2c(c1)CC(=O)N2.